The summed E-state index contributed by atoms with van der Waals surface area (Å²) in [7, 11) is 0. The van der Waals surface area contributed by atoms with Gasteiger partial charge in [0.05, 0.1) is 16.7 Å². The number of carbonyl (C=O) groups is 3. The Morgan fingerprint density at radius 3 is 2.19 bits per heavy atom. The van der Waals surface area contributed by atoms with E-state index in [2.05, 4.69) is 0 Å². The lowest BCUT2D eigenvalue weighted by Crippen LogP contribution is -2.67. The summed E-state index contributed by atoms with van der Waals surface area (Å²) >= 11 is 0. The molecule has 12 atom stereocenters. The van der Waals surface area contributed by atoms with E-state index in [1.165, 1.54) is 6.92 Å². The Balaban J connectivity index is 1.75. The summed E-state index contributed by atoms with van der Waals surface area (Å²) in [6.07, 6.45) is -7.23. The lowest BCUT2D eigenvalue weighted by atomic mass is 9.50. The van der Waals surface area contributed by atoms with Crippen LogP contribution in [0.4, 0.5) is 0 Å². The van der Waals surface area contributed by atoms with Gasteiger partial charge in [0.2, 0.25) is 11.9 Å². The van der Waals surface area contributed by atoms with Crippen molar-refractivity contribution in [3.8, 4) is 0 Å². The number of rotatable bonds is 0. The molecule has 170 valence electrons. The van der Waals surface area contributed by atoms with Crippen LogP contribution in [0.3, 0.4) is 0 Å². The van der Waals surface area contributed by atoms with Gasteiger partial charge < -0.3 is 34.3 Å². The zero-order valence-electron chi connectivity index (χ0n) is 17.8. The summed E-state index contributed by atoms with van der Waals surface area (Å²) in [5.41, 5.74) is -8.38. The minimum atomic E-state index is -2.26. The largest absolute Gasteiger partial charge is 0.459 e. The van der Waals surface area contributed by atoms with Crippen molar-refractivity contribution in [1.82, 2.24) is 0 Å². The molecule has 2 aliphatic carbocycles. The minimum absolute atomic E-state index is 0.426. The Morgan fingerprint density at radius 1 is 0.935 bits per heavy atom. The molecule has 2 spiro atoms. The summed E-state index contributed by atoms with van der Waals surface area (Å²) in [4.78, 5) is 38.6. The van der Waals surface area contributed by atoms with Crippen molar-refractivity contribution in [2.75, 3.05) is 0 Å². The van der Waals surface area contributed by atoms with E-state index in [0.717, 1.165) is 0 Å². The fourth-order valence-electron chi connectivity index (χ4n) is 8.88. The van der Waals surface area contributed by atoms with E-state index < -0.39 is 93.8 Å². The van der Waals surface area contributed by atoms with E-state index >= 15 is 0 Å². The summed E-state index contributed by atoms with van der Waals surface area (Å²) in [6.45, 7) is 9.01. The molecule has 6 rings (SSSR count). The van der Waals surface area contributed by atoms with Gasteiger partial charge in [0.1, 0.15) is 12.2 Å². The topological polar surface area (TPSA) is 149 Å². The molecule has 4 heterocycles. The number of aliphatic hydroxyl groups is 3. The first-order valence-corrected chi connectivity index (χ1v) is 10.7. The highest BCUT2D eigenvalue weighted by Gasteiger charge is 3.04. The molecule has 6 aliphatic rings. The molecular weight excluding hydrogens is 412 g/mol. The molecule has 10 nitrogen and oxygen atoms in total. The van der Waals surface area contributed by atoms with E-state index in [1.807, 2.05) is 27.7 Å². The van der Waals surface area contributed by atoms with Crippen molar-refractivity contribution < 1.29 is 48.7 Å². The second kappa shape index (κ2) is 4.93. The number of carbonyl (C=O) groups excluding carboxylic acids is 3. The van der Waals surface area contributed by atoms with E-state index in [-0.39, 0.29) is 0 Å². The quantitative estimate of drug-likeness (QED) is 0.313. The maximum Gasteiger partial charge on any atom is 0.343 e. The molecule has 0 bridgehead atoms. The predicted octanol–water partition coefficient (Wildman–Crippen LogP) is -1.12. The molecule has 0 aromatic heterocycles. The number of aliphatic hydroxyl groups excluding tert-OH is 2. The number of esters is 3. The second-order valence-electron chi connectivity index (χ2n) is 11.2. The van der Waals surface area contributed by atoms with E-state index in [9.17, 15) is 29.7 Å². The maximum absolute atomic E-state index is 13.5. The normalized spacial score (nSPS) is 61.0. The van der Waals surface area contributed by atoms with Crippen LogP contribution in [-0.2, 0) is 33.3 Å². The summed E-state index contributed by atoms with van der Waals surface area (Å²) in [6, 6.07) is 0. The third kappa shape index (κ3) is 1.44. The molecule has 7 unspecified atom stereocenters. The van der Waals surface area contributed by atoms with Crippen molar-refractivity contribution >= 4 is 17.9 Å². The summed E-state index contributed by atoms with van der Waals surface area (Å²) in [5.74, 6) is -4.79. The van der Waals surface area contributed by atoms with Crippen LogP contribution in [0.5, 0.6) is 0 Å². The van der Waals surface area contributed by atoms with Crippen LogP contribution in [0, 0.1) is 34.0 Å². The molecule has 10 heteroatoms. The fraction of sp³-hybridized carbons (Fsp3) is 0.857. The minimum Gasteiger partial charge on any atom is -0.459 e. The van der Waals surface area contributed by atoms with Gasteiger partial charge in [-0.25, -0.2) is 9.59 Å². The molecule has 2 saturated carbocycles. The first-order valence-electron chi connectivity index (χ1n) is 10.7. The lowest BCUT2D eigenvalue weighted by Gasteiger charge is -2.47. The molecular formula is C21H26O10. The van der Waals surface area contributed by atoms with Crippen LogP contribution < -0.4 is 0 Å². The maximum atomic E-state index is 13.5. The Morgan fingerprint density at radius 2 is 1.58 bits per heavy atom. The first-order chi connectivity index (χ1) is 14.3. The van der Waals surface area contributed by atoms with Gasteiger partial charge in [0.15, 0.2) is 17.8 Å². The third-order valence-corrected chi connectivity index (χ3v) is 9.30. The van der Waals surface area contributed by atoms with Crippen molar-refractivity contribution in [2.45, 2.75) is 76.5 Å². The molecule has 3 N–H and O–H groups in total. The van der Waals surface area contributed by atoms with Crippen LogP contribution in [-0.4, -0.2) is 75.1 Å². The number of hydrogen-bond acceptors (Lipinski definition) is 10. The van der Waals surface area contributed by atoms with Crippen molar-refractivity contribution in [3.63, 3.8) is 0 Å². The molecule has 4 aliphatic heterocycles. The lowest BCUT2D eigenvalue weighted by molar-refractivity contribution is -0.240. The van der Waals surface area contributed by atoms with Crippen molar-refractivity contribution in [1.29, 1.82) is 0 Å². The van der Waals surface area contributed by atoms with Gasteiger partial charge in [-0.2, -0.15) is 0 Å². The van der Waals surface area contributed by atoms with Crippen molar-refractivity contribution in [3.05, 3.63) is 0 Å². The van der Waals surface area contributed by atoms with Crippen LogP contribution in [0.2, 0.25) is 0 Å². The number of fused-ring (bicyclic) bond motifs is 1. The Kier molecular flexibility index (Phi) is 3.16. The van der Waals surface area contributed by atoms with Crippen molar-refractivity contribution in [2.24, 2.45) is 34.0 Å². The average molecular weight is 438 g/mol. The zero-order valence-corrected chi connectivity index (χ0v) is 17.8. The Bertz CT molecular complexity index is 956. The van der Waals surface area contributed by atoms with Crippen LogP contribution in [0.25, 0.3) is 0 Å². The van der Waals surface area contributed by atoms with Gasteiger partial charge in [-0.05, 0) is 24.2 Å². The van der Waals surface area contributed by atoms with Crippen LogP contribution >= 0.6 is 0 Å². The fourth-order valence-corrected chi connectivity index (χ4v) is 8.88. The van der Waals surface area contributed by atoms with E-state index in [1.54, 1.807) is 0 Å². The van der Waals surface area contributed by atoms with Gasteiger partial charge in [-0.1, -0.05) is 27.7 Å². The molecule has 4 saturated heterocycles. The Labute approximate surface area is 177 Å². The highest BCUT2D eigenvalue weighted by Crippen LogP contribution is 2.85. The van der Waals surface area contributed by atoms with Gasteiger partial charge in [-0.15, -0.1) is 0 Å². The zero-order chi connectivity index (χ0) is 22.7. The Hall–Kier alpha value is -1.75. The first kappa shape index (κ1) is 19.9. The van der Waals surface area contributed by atoms with E-state index in [0.29, 0.717) is 0 Å². The summed E-state index contributed by atoms with van der Waals surface area (Å²) < 4.78 is 22.8. The molecule has 31 heavy (non-hydrogen) atoms. The molecule has 0 radical (unpaired) electrons. The highest BCUT2D eigenvalue weighted by molar-refractivity contribution is 5.94. The highest BCUT2D eigenvalue weighted by atomic mass is 16.8. The van der Waals surface area contributed by atoms with Gasteiger partial charge in [0.25, 0.3) is 0 Å². The van der Waals surface area contributed by atoms with Gasteiger partial charge in [0, 0.05) is 0 Å². The molecule has 0 aromatic carbocycles. The predicted molar refractivity (Wildman–Crippen MR) is 96.6 cm³/mol. The van der Waals surface area contributed by atoms with Crippen LogP contribution in [0.15, 0.2) is 0 Å². The number of ether oxygens (including phenoxy) is 4. The third-order valence-electron chi connectivity index (χ3n) is 9.30. The van der Waals surface area contributed by atoms with Gasteiger partial charge in [-0.3, -0.25) is 4.79 Å². The second-order valence-corrected chi connectivity index (χ2v) is 11.2. The summed E-state index contributed by atoms with van der Waals surface area (Å²) in [5, 5.41) is 35.0. The SMILES string of the molecule is CC1C(=O)O[C@H]2C(O)C34C5OC(=O)[C@@]3(OC3OC(=O)[C@H](O)C34C(C(C)(C)C)[C@H]5C)[C@@]12O. The smallest absolute Gasteiger partial charge is 0.343 e. The molecule has 0 aromatic rings. The van der Waals surface area contributed by atoms with Crippen LogP contribution in [0.1, 0.15) is 34.6 Å². The number of hydrogen-bond donors (Lipinski definition) is 3. The average Bonchev–Trinajstić information content (AvgIpc) is 3.35. The monoisotopic (exact) mass is 438 g/mol. The van der Waals surface area contributed by atoms with E-state index in [4.69, 9.17) is 18.9 Å². The standard InChI is InChI=1S/C21H26O10/c1-6-8(17(3,4)5)18-10(23)14(25)30-16(18)31-21-15(26)29-11(6)19(18,21)9(22)12-20(21,27)7(2)13(24)28-12/h6-12,16,22-23,27H,1-5H3/t6-,7?,8?,9?,10+,11?,12+,16?,18?,19?,20-,21+/m1/s1. The molecule has 0 amide bonds. The molecule has 6 fully saturated rings. The van der Waals surface area contributed by atoms with Gasteiger partial charge >= 0.3 is 17.9 Å².